The molecule has 0 saturated heterocycles. The van der Waals surface area contributed by atoms with Crippen LogP contribution in [0.4, 0.5) is 0 Å². The largest absolute Gasteiger partial charge is 0.355 e. The summed E-state index contributed by atoms with van der Waals surface area (Å²) in [6.07, 6.45) is 0.338. The van der Waals surface area contributed by atoms with Gasteiger partial charge in [-0.3, -0.25) is 14.4 Å². The van der Waals surface area contributed by atoms with Crippen LogP contribution in [0, 0.1) is 6.92 Å². The van der Waals surface area contributed by atoms with Crippen LogP contribution in [-0.4, -0.2) is 54.5 Å². The first-order chi connectivity index (χ1) is 15.2. The number of carbonyl (C=O) groups excluding carboxylic acids is 3. The highest BCUT2D eigenvalue weighted by molar-refractivity contribution is 7.90. The minimum Gasteiger partial charge on any atom is -0.355 e. The second-order valence-corrected chi connectivity index (χ2v) is 9.47. The smallest absolute Gasteiger partial charge is 0.269 e. The van der Waals surface area contributed by atoms with Crippen LogP contribution in [0.1, 0.15) is 41.8 Å². The van der Waals surface area contributed by atoms with E-state index in [1.165, 1.54) is 23.1 Å². The Kier molecular flexibility index (Phi) is 6.98. The van der Waals surface area contributed by atoms with Gasteiger partial charge in [0.2, 0.25) is 11.8 Å². The van der Waals surface area contributed by atoms with Gasteiger partial charge in [0.05, 0.1) is 5.56 Å². The fourth-order valence-corrected chi connectivity index (χ4v) is 5.34. The molecule has 1 N–H and O–H groups in total. The summed E-state index contributed by atoms with van der Waals surface area (Å²) >= 11 is 0. The molecule has 8 nitrogen and oxygen atoms in total. The topological polar surface area (TPSA) is 104 Å². The first-order valence-electron chi connectivity index (χ1n) is 10.5. The van der Waals surface area contributed by atoms with Crippen molar-refractivity contribution < 1.29 is 22.8 Å². The summed E-state index contributed by atoms with van der Waals surface area (Å²) in [6, 6.07) is 12.6. The van der Waals surface area contributed by atoms with Gasteiger partial charge in [-0.05, 0) is 38.0 Å². The molecule has 1 aliphatic rings. The maximum Gasteiger partial charge on any atom is 0.269 e. The third kappa shape index (κ3) is 4.52. The summed E-state index contributed by atoms with van der Waals surface area (Å²) < 4.78 is 26.4. The van der Waals surface area contributed by atoms with E-state index in [0.29, 0.717) is 17.3 Å². The van der Waals surface area contributed by atoms with Crippen LogP contribution in [0.15, 0.2) is 53.4 Å². The predicted octanol–water partition coefficient (Wildman–Crippen LogP) is 2.08. The van der Waals surface area contributed by atoms with E-state index in [0.717, 1.165) is 11.1 Å². The summed E-state index contributed by atoms with van der Waals surface area (Å²) in [6.45, 7) is 5.33. The standard InChI is InChI=1S/C23H27N3O5S/c1-4-19(22(28)24-5-2)25(14-17-10-8-9-16(3)13-17)21(27)15-26-23(29)18-11-6-7-12-20(18)32(26,30)31/h6-13,19H,4-5,14-15H2,1-3H3,(H,24,28)/t19-/m0/s1. The van der Waals surface area contributed by atoms with Crippen molar-refractivity contribution in [3.8, 4) is 0 Å². The maximum absolute atomic E-state index is 13.4. The van der Waals surface area contributed by atoms with Crippen molar-refractivity contribution in [2.45, 2.75) is 44.7 Å². The molecule has 0 spiro atoms. The van der Waals surface area contributed by atoms with Crippen LogP contribution < -0.4 is 5.32 Å². The molecule has 1 aliphatic heterocycles. The van der Waals surface area contributed by atoms with E-state index < -0.39 is 34.4 Å². The molecule has 0 saturated carbocycles. The number of aryl methyl sites for hydroxylation is 1. The number of carbonyl (C=O) groups is 3. The molecule has 0 unspecified atom stereocenters. The number of amides is 3. The number of hydrogen-bond donors (Lipinski definition) is 1. The zero-order valence-corrected chi connectivity index (χ0v) is 19.2. The van der Waals surface area contributed by atoms with Gasteiger partial charge in [-0.15, -0.1) is 0 Å². The Labute approximate surface area is 188 Å². The van der Waals surface area contributed by atoms with Gasteiger partial charge in [0.15, 0.2) is 0 Å². The number of benzene rings is 2. The van der Waals surface area contributed by atoms with Crippen molar-refractivity contribution in [2.24, 2.45) is 0 Å². The van der Waals surface area contributed by atoms with Crippen molar-refractivity contribution in [3.63, 3.8) is 0 Å². The average molecular weight is 458 g/mol. The molecule has 32 heavy (non-hydrogen) atoms. The van der Waals surface area contributed by atoms with Gasteiger partial charge < -0.3 is 10.2 Å². The first kappa shape index (κ1) is 23.5. The molecular weight excluding hydrogens is 430 g/mol. The Morgan fingerprint density at radius 2 is 1.81 bits per heavy atom. The molecule has 0 radical (unpaired) electrons. The first-order valence-corrected chi connectivity index (χ1v) is 11.9. The quantitative estimate of drug-likeness (QED) is 0.654. The van der Waals surface area contributed by atoms with Crippen molar-refractivity contribution in [3.05, 3.63) is 65.2 Å². The van der Waals surface area contributed by atoms with E-state index in [1.54, 1.807) is 19.9 Å². The van der Waals surface area contributed by atoms with Gasteiger partial charge in [0, 0.05) is 13.1 Å². The molecule has 9 heteroatoms. The molecule has 0 fully saturated rings. The van der Waals surface area contributed by atoms with E-state index in [2.05, 4.69) is 5.32 Å². The Morgan fingerprint density at radius 3 is 2.44 bits per heavy atom. The van der Waals surface area contributed by atoms with Crippen LogP contribution in [-0.2, 0) is 26.2 Å². The van der Waals surface area contributed by atoms with Gasteiger partial charge >= 0.3 is 0 Å². The molecule has 1 heterocycles. The number of hydrogen-bond acceptors (Lipinski definition) is 5. The third-order valence-corrected chi connectivity index (χ3v) is 7.15. The van der Waals surface area contributed by atoms with Crippen LogP contribution in [0.5, 0.6) is 0 Å². The summed E-state index contributed by atoms with van der Waals surface area (Å²) in [5.74, 6) is -1.68. The fourth-order valence-electron chi connectivity index (χ4n) is 3.82. The fraction of sp³-hybridized carbons (Fsp3) is 0.348. The Balaban J connectivity index is 1.93. The zero-order valence-electron chi connectivity index (χ0n) is 18.4. The minimum absolute atomic E-state index is 0.0429. The summed E-state index contributed by atoms with van der Waals surface area (Å²) in [4.78, 5) is 40.0. The molecular formula is C23H27N3O5S. The Morgan fingerprint density at radius 1 is 1.09 bits per heavy atom. The molecule has 1 atom stereocenters. The highest BCUT2D eigenvalue weighted by Crippen LogP contribution is 2.30. The lowest BCUT2D eigenvalue weighted by atomic mass is 10.1. The van der Waals surface area contributed by atoms with Crippen molar-refractivity contribution in [1.82, 2.24) is 14.5 Å². The monoisotopic (exact) mass is 457 g/mol. The van der Waals surface area contributed by atoms with Gasteiger partial charge in [0.1, 0.15) is 17.5 Å². The lowest BCUT2D eigenvalue weighted by molar-refractivity contribution is -0.141. The number of sulfonamides is 1. The Bertz CT molecular complexity index is 1150. The molecule has 2 aromatic rings. The SMILES string of the molecule is CCNC(=O)[C@H](CC)N(Cc1cccc(C)c1)C(=O)CN1C(=O)c2ccccc2S1(=O)=O. The predicted molar refractivity (Wildman–Crippen MR) is 119 cm³/mol. The van der Waals surface area contributed by atoms with Crippen LogP contribution in [0.3, 0.4) is 0 Å². The number of likely N-dealkylation sites (N-methyl/N-ethyl adjacent to an activating group) is 1. The lowest BCUT2D eigenvalue weighted by Crippen LogP contribution is -2.52. The zero-order chi connectivity index (χ0) is 23.5. The molecule has 0 aliphatic carbocycles. The normalized spacial score (nSPS) is 15.2. The Hall–Kier alpha value is -3.20. The van der Waals surface area contributed by atoms with Crippen LogP contribution in [0.25, 0.3) is 0 Å². The van der Waals surface area contributed by atoms with E-state index in [4.69, 9.17) is 0 Å². The lowest BCUT2D eigenvalue weighted by Gasteiger charge is -2.31. The summed E-state index contributed by atoms with van der Waals surface area (Å²) in [5.41, 5.74) is 1.84. The average Bonchev–Trinajstić information content (AvgIpc) is 2.94. The van der Waals surface area contributed by atoms with Gasteiger partial charge in [-0.25, -0.2) is 12.7 Å². The van der Waals surface area contributed by atoms with E-state index in [1.807, 2.05) is 31.2 Å². The minimum atomic E-state index is -4.13. The summed E-state index contributed by atoms with van der Waals surface area (Å²) in [5, 5.41) is 2.73. The number of rotatable bonds is 8. The molecule has 3 amide bonds. The third-order valence-electron chi connectivity index (χ3n) is 5.36. The highest BCUT2D eigenvalue weighted by atomic mass is 32.2. The highest BCUT2D eigenvalue weighted by Gasteiger charge is 2.43. The van der Waals surface area contributed by atoms with E-state index in [-0.39, 0.29) is 22.9 Å². The maximum atomic E-state index is 13.4. The van der Waals surface area contributed by atoms with Crippen LogP contribution in [0.2, 0.25) is 0 Å². The molecule has 170 valence electrons. The van der Waals surface area contributed by atoms with Crippen molar-refractivity contribution >= 4 is 27.7 Å². The summed E-state index contributed by atoms with van der Waals surface area (Å²) in [7, 11) is -4.13. The molecule has 2 aromatic carbocycles. The van der Waals surface area contributed by atoms with E-state index >= 15 is 0 Å². The van der Waals surface area contributed by atoms with Gasteiger partial charge in [-0.2, -0.15) is 0 Å². The van der Waals surface area contributed by atoms with Crippen molar-refractivity contribution in [1.29, 1.82) is 0 Å². The molecule has 3 rings (SSSR count). The molecule has 0 bridgehead atoms. The number of nitrogens with zero attached hydrogens (tertiary/aromatic N) is 2. The van der Waals surface area contributed by atoms with Crippen LogP contribution >= 0.6 is 0 Å². The molecule has 0 aromatic heterocycles. The number of nitrogens with one attached hydrogen (secondary N) is 1. The second-order valence-electron chi connectivity index (χ2n) is 7.64. The second kappa shape index (κ2) is 9.52. The van der Waals surface area contributed by atoms with Gasteiger partial charge in [-0.1, -0.05) is 48.9 Å². The van der Waals surface area contributed by atoms with Gasteiger partial charge in [0.25, 0.3) is 15.9 Å². The van der Waals surface area contributed by atoms with E-state index in [9.17, 15) is 22.8 Å². The number of fused-ring (bicyclic) bond motifs is 1. The van der Waals surface area contributed by atoms with Crippen molar-refractivity contribution in [2.75, 3.05) is 13.1 Å².